The summed E-state index contributed by atoms with van der Waals surface area (Å²) in [6.07, 6.45) is 1.43. The molecule has 1 heterocycles. The number of aryl methyl sites for hydroxylation is 1. The standard InChI is InChI=1S/C18H25N3O2S/c1-11(2)21-13(4)17(12(3)20-21)19-18(22)14(5)23-15-7-9-16(24-6)10-8-15/h7-11,14H,1-6H3,(H,19,22)/t14-/m1/s1. The van der Waals surface area contributed by atoms with E-state index in [-0.39, 0.29) is 11.9 Å². The lowest BCUT2D eigenvalue weighted by Crippen LogP contribution is -2.30. The van der Waals surface area contributed by atoms with Crippen LogP contribution in [0.3, 0.4) is 0 Å². The molecule has 1 atom stereocenters. The predicted octanol–water partition coefficient (Wildman–Crippen LogP) is 4.21. The molecule has 0 aliphatic rings. The molecule has 1 amide bonds. The molecule has 0 aliphatic carbocycles. The Labute approximate surface area is 147 Å². The number of anilines is 1. The molecule has 2 aromatic rings. The van der Waals surface area contributed by atoms with Crippen molar-refractivity contribution in [1.82, 2.24) is 9.78 Å². The molecule has 130 valence electrons. The number of benzene rings is 1. The molecule has 0 unspecified atom stereocenters. The van der Waals surface area contributed by atoms with Gasteiger partial charge in [-0.15, -0.1) is 11.8 Å². The molecule has 0 saturated heterocycles. The smallest absolute Gasteiger partial charge is 0.265 e. The van der Waals surface area contributed by atoms with Crippen molar-refractivity contribution in [2.75, 3.05) is 11.6 Å². The van der Waals surface area contributed by atoms with E-state index in [0.29, 0.717) is 5.75 Å². The van der Waals surface area contributed by atoms with Crippen LogP contribution in [0.2, 0.25) is 0 Å². The van der Waals surface area contributed by atoms with Crippen molar-refractivity contribution >= 4 is 23.4 Å². The molecule has 0 radical (unpaired) electrons. The Morgan fingerprint density at radius 1 is 1.21 bits per heavy atom. The van der Waals surface area contributed by atoms with Crippen LogP contribution in [-0.4, -0.2) is 28.0 Å². The Kier molecular flexibility index (Phi) is 5.94. The predicted molar refractivity (Wildman–Crippen MR) is 99.0 cm³/mol. The molecular formula is C18H25N3O2S. The maximum Gasteiger partial charge on any atom is 0.265 e. The number of aromatic nitrogens is 2. The Hall–Kier alpha value is -1.95. The quantitative estimate of drug-likeness (QED) is 0.795. The van der Waals surface area contributed by atoms with Gasteiger partial charge in [-0.3, -0.25) is 9.48 Å². The summed E-state index contributed by atoms with van der Waals surface area (Å²) in [5, 5.41) is 7.43. The second-order valence-electron chi connectivity index (χ2n) is 6.01. The highest BCUT2D eigenvalue weighted by Gasteiger charge is 2.20. The van der Waals surface area contributed by atoms with Gasteiger partial charge in [-0.05, 0) is 65.1 Å². The highest BCUT2D eigenvalue weighted by atomic mass is 32.2. The van der Waals surface area contributed by atoms with Gasteiger partial charge in [0.1, 0.15) is 5.75 Å². The van der Waals surface area contributed by atoms with E-state index in [2.05, 4.69) is 24.3 Å². The number of amides is 1. The first-order valence-electron chi connectivity index (χ1n) is 8.00. The molecule has 5 nitrogen and oxygen atoms in total. The van der Waals surface area contributed by atoms with Crippen LogP contribution in [0.1, 0.15) is 38.2 Å². The third kappa shape index (κ3) is 4.12. The van der Waals surface area contributed by atoms with Gasteiger partial charge in [0.15, 0.2) is 6.10 Å². The molecule has 1 aromatic heterocycles. The average Bonchev–Trinajstić information content (AvgIpc) is 2.83. The molecule has 24 heavy (non-hydrogen) atoms. The van der Waals surface area contributed by atoms with E-state index in [1.807, 2.05) is 49.1 Å². The Morgan fingerprint density at radius 3 is 2.33 bits per heavy atom. The van der Waals surface area contributed by atoms with Gasteiger partial charge in [0.2, 0.25) is 0 Å². The molecule has 0 saturated carbocycles. The second-order valence-corrected chi connectivity index (χ2v) is 6.89. The summed E-state index contributed by atoms with van der Waals surface area (Å²) in [6, 6.07) is 7.96. The van der Waals surface area contributed by atoms with E-state index in [1.54, 1.807) is 18.7 Å². The fourth-order valence-electron chi connectivity index (χ4n) is 2.48. The lowest BCUT2D eigenvalue weighted by Gasteiger charge is -2.15. The van der Waals surface area contributed by atoms with Crippen LogP contribution in [0.25, 0.3) is 0 Å². The maximum absolute atomic E-state index is 12.4. The number of nitrogens with zero attached hydrogens (tertiary/aromatic N) is 2. The normalized spacial score (nSPS) is 12.3. The Balaban J connectivity index is 2.06. The minimum atomic E-state index is -0.591. The van der Waals surface area contributed by atoms with E-state index >= 15 is 0 Å². The number of rotatable bonds is 6. The summed E-state index contributed by atoms with van der Waals surface area (Å²) in [7, 11) is 0. The first-order chi connectivity index (χ1) is 11.3. The van der Waals surface area contributed by atoms with Crippen LogP contribution < -0.4 is 10.1 Å². The summed E-state index contributed by atoms with van der Waals surface area (Å²) >= 11 is 1.67. The van der Waals surface area contributed by atoms with E-state index in [4.69, 9.17) is 4.74 Å². The number of hydrogen-bond donors (Lipinski definition) is 1. The van der Waals surface area contributed by atoms with Crippen molar-refractivity contribution in [3.63, 3.8) is 0 Å². The molecule has 1 N–H and O–H groups in total. The number of carbonyl (C=O) groups is 1. The van der Waals surface area contributed by atoms with Crippen LogP contribution in [0, 0.1) is 13.8 Å². The summed E-state index contributed by atoms with van der Waals surface area (Å²) in [4.78, 5) is 13.6. The largest absolute Gasteiger partial charge is 0.481 e. The third-order valence-corrected chi connectivity index (χ3v) is 4.55. The van der Waals surface area contributed by atoms with E-state index in [1.165, 1.54) is 0 Å². The SMILES string of the molecule is CSc1ccc(O[C@H](C)C(=O)Nc2c(C)nn(C(C)C)c2C)cc1. The van der Waals surface area contributed by atoms with Crippen LogP contribution in [0.15, 0.2) is 29.2 Å². The first kappa shape index (κ1) is 18.4. The molecule has 1 aromatic carbocycles. The number of ether oxygens (including phenoxy) is 1. The van der Waals surface area contributed by atoms with Gasteiger partial charge in [0.25, 0.3) is 5.91 Å². The van der Waals surface area contributed by atoms with Gasteiger partial charge in [-0.1, -0.05) is 0 Å². The second kappa shape index (κ2) is 7.75. The number of hydrogen-bond acceptors (Lipinski definition) is 4. The van der Waals surface area contributed by atoms with Gasteiger partial charge >= 0.3 is 0 Å². The van der Waals surface area contributed by atoms with E-state index in [0.717, 1.165) is 22.0 Å². The molecule has 6 heteroatoms. The fourth-order valence-corrected chi connectivity index (χ4v) is 2.89. The monoisotopic (exact) mass is 347 g/mol. The minimum Gasteiger partial charge on any atom is -0.481 e. The fraction of sp³-hybridized carbons (Fsp3) is 0.444. The Morgan fingerprint density at radius 2 is 1.83 bits per heavy atom. The van der Waals surface area contributed by atoms with Gasteiger partial charge in [-0.2, -0.15) is 5.10 Å². The van der Waals surface area contributed by atoms with Gasteiger partial charge in [0, 0.05) is 10.9 Å². The number of thioether (sulfide) groups is 1. The third-order valence-electron chi connectivity index (χ3n) is 3.80. The zero-order valence-electron chi connectivity index (χ0n) is 15.1. The van der Waals surface area contributed by atoms with Crippen molar-refractivity contribution in [1.29, 1.82) is 0 Å². The Bertz CT molecular complexity index is 708. The number of carbonyl (C=O) groups excluding carboxylic acids is 1. The first-order valence-corrected chi connectivity index (χ1v) is 9.23. The van der Waals surface area contributed by atoms with Crippen LogP contribution in [-0.2, 0) is 4.79 Å². The van der Waals surface area contributed by atoms with Crippen molar-refractivity contribution in [3.05, 3.63) is 35.7 Å². The zero-order chi connectivity index (χ0) is 17.9. The van der Waals surface area contributed by atoms with E-state index in [9.17, 15) is 4.79 Å². The summed E-state index contributed by atoms with van der Waals surface area (Å²) in [6.45, 7) is 9.73. The lowest BCUT2D eigenvalue weighted by molar-refractivity contribution is -0.122. The van der Waals surface area contributed by atoms with Crippen molar-refractivity contribution in [2.45, 2.75) is 51.7 Å². The molecule has 0 aliphatic heterocycles. The number of nitrogens with one attached hydrogen (secondary N) is 1. The maximum atomic E-state index is 12.4. The molecule has 2 rings (SSSR count). The van der Waals surface area contributed by atoms with Crippen molar-refractivity contribution < 1.29 is 9.53 Å². The molecule has 0 spiro atoms. The van der Waals surface area contributed by atoms with Crippen LogP contribution in [0.4, 0.5) is 5.69 Å². The van der Waals surface area contributed by atoms with Crippen LogP contribution in [0.5, 0.6) is 5.75 Å². The van der Waals surface area contributed by atoms with Gasteiger partial charge in [0.05, 0.1) is 17.1 Å². The summed E-state index contributed by atoms with van der Waals surface area (Å²) in [5.74, 6) is 0.500. The molecule has 0 bridgehead atoms. The zero-order valence-corrected chi connectivity index (χ0v) is 15.9. The van der Waals surface area contributed by atoms with E-state index < -0.39 is 6.10 Å². The van der Waals surface area contributed by atoms with Crippen LogP contribution >= 0.6 is 11.8 Å². The summed E-state index contributed by atoms with van der Waals surface area (Å²) in [5.41, 5.74) is 2.53. The van der Waals surface area contributed by atoms with Crippen molar-refractivity contribution in [3.8, 4) is 5.75 Å². The topological polar surface area (TPSA) is 56.1 Å². The van der Waals surface area contributed by atoms with Gasteiger partial charge < -0.3 is 10.1 Å². The highest BCUT2D eigenvalue weighted by molar-refractivity contribution is 7.98. The van der Waals surface area contributed by atoms with Crippen molar-refractivity contribution in [2.24, 2.45) is 0 Å². The molecule has 0 fully saturated rings. The minimum absolute atomic E-state index is 0.182. The average molecular weight is 347 g/mol. The molecular weight excluding hydrogens is 322 g/mol. The van der Waals surface area contributed by atoms with Gasteiger partial charge in [-0.25, -0.2) is 0 Å². The highest BCUT2D eigenvalue weighted by Crippen LogP contribution is 2.23. The lowest BCUT2D eigenvalue weighted by atomic mass is 10.2. The summed E-state index contributed by atoms with van der Waals surface area (Å²) < 4.78 is 7.65.